The van der Waals surface area contributed by atoms with E-state index in [1.54, 1.807) is 23.6 Å². The molecule has 2 aromatic carbocycles. The number of hydrogen-bond acceptors (Lipinski definition) is 5. The van der Waals surface area contributed by atoms with Gasteiger partial charge in [0.15, 0.2) is 5.16 Å². The zero-order valence-electron chi connectivity index (χ0n) is 17.3. The summed E-state index contributed by atoms with van der Waals surface area (Å²) in [6.45, 7) is 5.85. The third-order valence-corrected chi connectivity index (χ3v) is 6.10. The maximum absolute atomic E-state index is 13.1. The Hall–Kier alpha value is -3.11. The predicted octanol–water partition coefficient (Wildman–Crippen LogP) is 3.59. The first kappa shape index (κ1) is 21.6. The van der Waals surface area contributed by atoms with Crippen LogP contribution in [0.3, 0.4) is 0 Å². The monoisotopic (exact) mass is 420 g/mol. The average Bonchev–Trinajstić information content (AvgIpc) is 2.75. The Morgan fingerprint density at radius 2 is 1.87 bits per heavy atom. The van der Waals surface area contributed by atoms with E-state index >= 15 is 0 Å². The zero-order valence-corrected chi connectivity index (χ0v) is 18.1. The average molecular weight is 421 g/mol. The molecule has 1 amide bonds. The van der Waals surface area contributed by atoms with Crippen molar-refractivity contribution >= 4 is 28.6 Å². The number of amides is 1. The van der Waals surface area contributed by atoms with Crippen LogP contribution in [-0.2, 0) is 11.3 Å². The van der Waals surface area contributed by atoms with E-state index in [1.807, 2.05) is 56.3 Å². The minimum Gasteiger partial charge on any atom is -0.337 e. The maximum atomic E-state index is 13.1. The second kappa shape index (κ2) is 9.14. The molecule has 0 fully saturated rings. The molecule has 3 rings (SSSR count). The van der Waals surface area contributed by atoms with Crippen LogP contribution >= 0.6 is 11.8 Å². The maximum Gasteiger partial charge on any atom is 0.262 e. The van der Waals surface area contributed by atoms with Crippen LogP contribution in [0.1, 0.15) is 26.3 Å². The fraction of sp³-hybridized carbons (Fsp3) is 0.304. The Kier molecular flexibility index (Phi) is 6.58. The molecule has 0 spiro atoms. The third kappa shape index (κ3) is 4.71. The van der Waals surface area contributed by atoms with Gasteiger partial charge in [0, 0.05) is 0 Å². The van der Waals surface area contributed by atoms with Gasteiger partial charge in [-0.3, -0.25) is 14.2 Å². The van der Waals surface area contributed by atoms with E-state index in [-0.39, 0.29) is 23.1 Å². The fourth-order valence-electron chi connectivity index (χ4n) is 2.92. The van der Waals surface area contributed by atoms with E-state index < -0.39 is 5.54 Å². The van der Waals surface area contributed by atoms with E-state index in [0.29, 0.717) is 22.6 Å². The van der Waals surface area contributed by atoms with Gasteiger partial charge in [0.1, 0.15) is 5.54 Å². The van der Waals surface area contributed by atoms with Crippen LogP contribution in [0.2, 0.25) is 0 Å². The minimum atomic E-state index is -0.946. The number of thioether (sulfide) groups is 1. The largest absolute Gasteiger partial charge is 0.337 e. The summed E-state index contributed by atoms with van der Waals surface area (Å²) in [5.74, 6) is -0.248. The molecule has 0 unspecified atom stereocenters. The van der Waals surface area contributed by atoms with Crippen LogP contribution in [0.25, 0.3) is 10.9 Å². The highest BCUT2D eigenvalue weighted by Crippen LogP contribution is 2.20. The summed E-state index contributed by atoms with van der Waals surface area (Å²) in [6, 6.07) is 19.0. The summed E-state index contributed by atoms with van der Waals surface area (Å²) in [7, 11) is 0. The number of para-hydroxylation sites is 1. The number of nitriles is 1. The first-order valence-electron chi connectivity index (χ1n) is 9.72. The number of carbonyl (C=O) groups excluding carboxylic acids is 1. The molecule has 0 bridgehead atoms. The summed E-state index contributed by atoms with van der Waals surface area (Å²) in [6.07, 6.45) is 0. The van der Waals surface area contributed by atoms with Crippen molar-refractivity contribution in [2.45, 2.75) is 38.0 Å². The second-order valence-corrected chi connectivity index (χ2v) is 8.54. The number of nitrogens with one attached hydrogen (secondary N) is 1. The number of carbonyl (C=O) groups is 1. The summed E-state index contributed by atoms with van der Waals surface area (Å²) in [4.78, 5) is 30.3. The molecule has 1 aromatic heterocycles. The van der Waals surface area contributed by atoms with Crippen molar-refractivity contribution in [3.05, 3.63) is 70.5 Å². The first-order valence-corrected chi connectivity index (χ1v) is 10.7. The molecule has 1 atom stereocenters. The Bertz CT molecular complexity index is 1150. The van der Waals surface area contributed by atoms with Crippen molar-refractivity contribution in [1.82, 2.24) is 14.9 Å². The van der Waals surface area contributed by atoms with Gasteiger partial charge in [-0.05, 0) is 30.5 Å². The molecule has 0 saturated carbocycles. The molecule has 30 heavy (non-hydrogen) atoms. The lowest BCUT2D eigenvalue weighted by molar-refractivity contribution is -0.120. The van der Waals surface area contributed by atoms with Gasteiger partial charge in [-0.25, -0.2) is 4.98 Å². The van der Waals surface area contributed by atoms with Crippen molar-refractivity contribution in [1.29, 1.82) is 5.26 Å². The number of nitrogens with zero attached hydrogens (tertiary/aromatic N) is 3. The van der Waals surface area contributed by atoms with E-state index in [2.05, 4.69) is 16.4 Å². The molecule has 1 N–H and O–H groups in total. The van der Waals surface area contributed by atoms with E-state index in [1.165, 1.54) is 11.8 Å². The Balaban J connectivity index is 1.90. The molecule has 1 heterocycles. The summed E-state index contributed by atoms with van der Waals surface area (Å²) >= 11 is 1.20. The second-order valence-electron chi connectivity index (χ2n) is 7.59. The van der Waals surface area contributed by atoms with Gasteiger partial charge in [-0.15, -0.1) is 0 Å². The van der Waals surface area contributed by atoms with Crippen molar-refractivity contribution in [2.24, 2.45) is 5.92 Å². The topological polar surface area (TPSA) is 87.8 Å². The van der Waals surface area contributed by atoms with Crippen molar-refractivity contribution < 1.29 is 4.79 Å². The van der Waals surface area contributed by atoms with Crippen molar-refractivity contribution in [3.8, 4) is 6.07 Å². The highest BCUT2D eigenvalue weighted by atomic mass is 32.2. The SMILES string of the molecule is CC(C)[C@@](C)(C#N)NC(=O)CSc1nc2ccccc2c(=O)n1Cc1ccccc1. The van der Waals surface area contributed by atoms with E-state index in [0.717, 1.165) is 5.56 Å². The normalized spacial score (nSPS) is 13.0. The van der Waals surface area contributed by atoms with Gasteiger partial charge in [0.25, 0.3) is 5.56 Å². The molecule has 6 nitrogen and oxygen atoms in total. The number of benzene rings is 2. The van der Waals surface area contributed by atoms with E-state index in [4.69, 9.17) is 0 Å². The van der Waals surface area contributed by atoms with Crippen LogP contribution < -0.4 is 10.9 Å². The molecule has 3 aromatic rings. The van der Waals surface area contributed by atoms with Crippen molar-refractivity contribution in [3.63, 3.8) is 0 Å². The fourth-order valence-corrected chi connectivity index (χ4v) is 3.72. The van der Waals surface area contributed by atoms with Gasteiger partial charge < -0.3 is 5.32 Å². The molecular formula is C23H24N4O2S. The Labute approximate surface area is 179 Å². The van der Waals surface area contributed by atoms with Gasteiger partial charge in [0.2, 0.25) is 5.91 Å². The van der Waals surface area contributed by atoms with Crippen LogP contribution in [0.15, 0.2) is 64.5 Å². The summed E-state index contributed by atoms with van der Waals surface area (Å²) in [5.41, 5.74) is 0.480. The number of rotatable bonds is 7. The number of aromatic nitrogens is 2. The highest BCUT2D eigenvalue weighted by Gasteiger charge is 2.30. The predicted molar refractivity (Wildman–Crippen MR) is 119 cm³/mol. The Morgan fingerprint density at radius 1 is 1.20 bits per heavy atom. The van der Waals surface area contributed by atoms with E-state index in [9.17, 15) is 14.9 Å². The molecule has 0 saturated heterocycles. The molecule has 0 radical (unpaired) electrons. The Morgan fingerprint density at radius 3 is 2.53 bits per heavy atom. The first-order chi connectivity index (χ1) is 14.3. The lowest BCUT2D eigenvalue weighted by atomic mass is 9.90. The highest BCUT2D eigenvalue weighted by molar-refractivity contribution is 7.99. The summed E-state index contributed by atoms with van der Waals surface area (Å²) in [5, 5.41) is 13.2. The van der Waals surface area contributed by atoms with Gasteiger partial charge in [-0.1, -0.05) is 68.1 Å². The van der Waals surface area contributed by atoms with Gasteiger partial charge >= 0.3 is 0 Å². The zero-order chi connectivity index (χ0) is 21.7. The van der Waals surface area contributed by atoms with Crippen LogP contribution in [0.4, 0.5) is 0 Å². The van der Waals surface area contributed by atoms with Crippen LogP contribution in [0, 0.1) is 17.2 Å². The standard InChI is InChI=1S/C23H24N4O2S/c1-16(2)23(3,15-24)26-20(28)14-30-22-25-19-12-8-7-11-18(19)21(29)27(22)13-17-9-5-4-6-10-17/h4-12,16H,13-14H2,1-3H3,(H,26,28)/t23-/m1/s1. The smallest absolute Gasteiger partial charge is 0.262 e. The van der Waals surface area contributed by atoms with Gasteiger partial charge in [0.05, 0.1) is 29.3 Å². The van der Waals surface area contributed by atoms with Crippen LogP contribution in [0.5, 0.6) is 0 Å². The molecule has 7 heteroatoms. The molecule has 0 aliphatic carbocycles. The lowest BCUT2D eigenvalue weighted by Crippen LogP contribution is -2.49. The molecule has 0 aliphatic rings. The third-order valence-electron chi connectivity index (χ3n) is 5.13. The number of fused-ring (bicyclic) bond motifs is 1. The summed E-state index contributed by atoms with van der Waals surface area (Å²) < 4.78 is 1.60. The van der Waals surface area contributed by atoms with Crippen LogP contribution in [-0.4, -0.2) is 26.8 Å². The van der Waals surface area contributed by atoms with Crippen molar-refractivity contribution in [2.75, 3.05) is 5.75 Å². The molecule has 154 valence electrons. The van der Waals surface area contributed by atoms with Gasteiger partial charge in [-0.2, -0.15) is 5.26 Å². The molecular weight excluding hydrogens is 396 g/mol. The minimum absolute atomic E-state index is 0.0356. The quantitative estimate of drug-likeness (QED) is 0.466. The number of hydrogen-bond donors (Lipinski definition) is 1. The molecule has 0 aliphatic heterocycles. The lowest BCUT2D eigenvalue weighted by Gasteiger charge is -2.27.